The van der Waals surface area contributed by atoms with Gasteiger partial charge in [-0.15, -0.1) is 0 Å². The van der Waals surface area contributed by atoms with E-state index in [1.54, 1.807) is 14.2 Å². The first-order chi connectivity index (χ1) is 12.8. The Bertz CT molecular complexity index is 584. The van der Waals surface area contributed by atoms with Gasteiger partial charge in [-0.1, -0.05) is 20.8 Å². The smallest absolute Gasteiger partial charge is 0.220 e. The molecule has 7 atom stereocenters. The van der Waals surface area contributed by atoms with Crippen LogP contribution >= 0.6 is 0 Å². The first-order valence-electron chi connectivity index (χ1n) is 10.3. The molecule has 0 radical (unpaired) electrons. The summed E-state index contributed by atoms with van der Waals surface area (Å²) in [5.41, 5.74) is 0. The zero-order valence-electron chi connectivity index (χ0n) is 19.2. The lowest BCUT2D eigenvalue weighted by Gasteiger charge is -2.58. The molecule has 3 fully saturated rings. The Morgan fingerprint density at radius 3 is 2.04 bits per heavy atom. The minimum Gasteiger partial charge on any atom is -0.411 e. The Labute approximate surface area is 171 Å². The second-order valence-corrected chi connectivity index (χ2v) is 15.0. The number of hydroxylamine groups is 2. The third-order valence-electron chi connectivity index (χ3n) is 7.54. The van der Waals surface area contributed by atoms with E-state index in [-0.39, 0.29) is 29.4 Å². The zero-order valence-corrected chi connectivity index (χ0v) is 20.2. The van der Waals surface area contributed by atoms with Crippen LogP contribution in [0.2, 0.25) is 18.1 Å². The maximum atomic E-state index is 6.86. The van der Waals surface area contributed by atoms with E-state index >= 15 is 0 Å². The third-order valence-corrected chi connectivity index (χ3v) is 12.0. The van der Waals surface area contributed by atoms with Crippen LogP contribution in [0, 0.1) is 5.92 Å². The number of ether oxygens (including phenoxy) is 4. The van der Waals surface area contributed by atoms with Gasteiger partial charge in [-0.3, -0.25) is 4.84 Å². The molecule has 0 N–H and O–H groups in total. The molecule has 1 aliphatic carbocycles. The van der Waals surface area contributed by atoms with Crippen molar-refractivity contribution in [2.45, 2.75) is 95.1 Å². The van der Waals surface area contributed by atoms with Gasteiger partial charge < -0.3 is 23.4 Å². The highest BCUT2D eigenvalue weighted by Gasteiger charge is 2.64. The van der Waals surface area contributed by atoms with Crippen molar-refractivity contribution in [1.29, 1.82) is 0 Å². The van der Waals surface area contributed by atoms with E-state index in [2.05, 4.69) is 33.9 Å². The predicted octanol–water partition coefficient (Wildman–Crippen LogP) is 3.15. The predicted molar refractivity (Wildman–Crippen MR) is 108 cm³/mol. The summed E-state index contributed by atoms with van der Waals surface area (Å²) in [6.45, 7) is 15.8. The highest BCUT2D eigenvalue weighted by atomic mass is 28.4. The number of nitrogens with zero attached hydrogens (tertiary/aromatic N) is 1. The monoisotopic (exact) mass is 417 g/mol. The van der Waals surface area contributed by atoms with Gasteiger partial charge in [-0.05, 0) is 38.4 Å². The fourth-order valence-corrected chi connectivity index (χ4v) is 5.71. The number of fused-ring (bicyclic) bond motifs is 3. The standard InChI is InChI=1S/C20H39NO6Si/c1-18(2,3)28(9,10)27-14-11-13-12-24-21(6)15(13)17-16(14)25-19(4,22-7)20(5,23-8)26-17/h13-17H,11-12H2,1-10H3/t13-,14-,15+,16-,17-,19+,20+/m1/s1. The van der Waals surface area contributed by atoms with E-state index in [1.165, 1.54) is 0 Å². The summed E-state index contributed by atoms with van der Waals surface area (Å²) in [6, 6.07) is 0.0974. The largest absolute Gasteiger partial charge is 0.411 e. The van der Waals surface area contributed by atoms with E-state index in [9.17, 15) is 0 Å². The minimum absolute atomic E-state index is 0.0712. The van der Waals surface area contributed by atoms with Crippen LogP contribution in [0.15, 0.2) is 0 Å². The summed E-state index contributed by atoms with van der Waals surface area (Å²) in [6.07, 6.45) is 0.329. The van der Waals surface area contributed by atoms with Crippen LogP contribution in [0.3, 0.4) is 0 Å². The molecule has 164 valence electrons. The molecule has 0 aromatic rings. The molecular weight excluding hydrogens is 378 g/mol. The Morgan fingerprint density at radius 1 is 1.00 bits per heavy atom. The number of likely N-dealkylation sites (N-methyl/N-ethyl adjacent to an activating group) is 1. The molecule has 0 unspecified atom stereocenters. The van der Waals surface area contributed by atoms with Gasteiger partial charge in [-0.2, -0.15) is 5.06 Å². The SMILES string of the molecule is CO[C@@]1(C)O[C@H]2[C@H](O[C@]1(C)OC)[C@H](O[Si](C)(C)C(C)(C)C)C[C@@H]1CON(C)[C@@H]12. The maximum absolute atomic E-state index is 6.86. The molecular formula is C20H39NO6Si. The van der Waals surface area contributed by atoms with Crippen molar-refractivity contribution >= 4 is 8.32 Å². The van der Waals surface area contributed by atoms with Crippen molar-refractivity contribution in [3.05, 3.63) is 0 Å². The lowest BCUT2D eigenvalue weighted by atomic mass is 9.78. The fourth-order valence-electron chi connectivity index (χ4n) is 4.37. The lowest BCUT2D eigenvalue weighted by Crippen LogP contribution is -2.72. The van der Waals surface area contributed by atoms with Gasteiger partial charge in [0.05, 0.1) is 18.8 Å². The van der Waals surface area contributed by atoms with Crippen molar-refractivity contribution in [2.75, 3.05) is 27.9 Å². The van der Waals surface area contributed by atoms with Crippen molar-refractivity contribution in [3.63, 3.8) is 0 Å². The molecule has 3 aliphatic rings. The van der Waals surface area contributed by atoms with Crippen LogP contribution in [0.4, 0.5) is 0 Å². The lowest BCUT2D eigenvalue weighted by molar-refractivity contribution is -0.462. The minimum atomic E-state index is -1.99. The highest BCUT2D eigenvalue weighted by Crippen LogP contribution is 2.49. The second kappa shape index (κ2) is 7.27. The van der Waals surface area contributed by atoms with Crippen molar-refractivity contribution < 1.29 is 28.2 Å². The quantitative estimate of drug-likeness (QED) is 0.651. The molecule has 2 aliphatic heterocycles. The fraction of sp³-hybridized carbons (Fsp3) is 1.00. The van der Waals surface area contributed by atoms with Gasteiger partial charge in [0.1, 0.15) is 12.2 Å². The Morgan fingerprint density at radius 2 is 1.54 bits per heavy atom. The number of methoxy groups -OCH3 is 2. The van der Waals surface area contributed by atoms with Gasteiger partial charge in [0.25, 0.3) is 0 Å². The number of hydrogen-bond donors (Lipinski definition) is 0. The van der Waals surface area contributed by atoms with Gasteiger partial charge in [0, 0.05) is 27.2 Å². The highest BCUT2D eigenvalue weighted by molar-refractivity contribution is 6.74. The molecule has 0 bridgehead atoms. The maximum Gasteiger partial charge on any atom is 0.220 e. The van der Waals surface area contributed by atoms with Crippen molar-refractivity contribution in [3.8, 4) is 0 Å². The Hall–Kier alpha value is -0.0631. The normalized spacial score (nSPS) is 45.0. The van der Waals surface area contributed by atoms with Crippen LogP contribution in [-0.4, -0.2) is 77.2 Å². The van der Waals surface area contributed by atoms with Crippen LogP contribution in [0.25, 0.3) is 0 Å². The van der Waals surface area contributed by atoms with Crippen LogP contribution in [0.1, 0.15) is 41.0 Å². The molecule has 0 aromatic carbocycles. The zero-order chi connectivity index (χ0) is 21.1. The Kier molecular flexibility index (Phi) is 5.87. The van der Waals surface area contributed by atoms with Crippen LogP contribution in [-0.2, 0) is 28.2 Å². The molecule has 2 heterocycles. The first-order valence-corrected chi connectivity index (χ1v) is 13.2. The van der Waals surface area contributed by atoms with E-state index in [1.807, 2.05) is 26.0 Å². The molecule has 0 aromatic heterocycles. The molecule has 1 saturated carbocycles. The van der Waals surface area contributed by atoms with Gasteiger partial charge >= 0.3 is 0 Å². The van der Waals surface area contributed by atoms with Crippen molar-refractivity contribution in [2.24, 2.45) is 5.92 Å². The summed E-state index contributed by atoms with van der Waals surface area (Å²) >= 11 is 0. The molecule has 3 rings (SSSR count). The molecule has 8 heteroatoms. The van der Waals surface area contributed by atoms with E-state index in [0.717, 1.165) is 6.42 Å². The van der Waals surface area contributed by atoms with Crippen LogP contribution < -0.4 is 0 Å². The molecule has 0 spiro atoms. The van der Waals surface area contributed by atoms with E-state index in [0.29, 0.717) is 12.5 Å². The average molecular weight is 418 g/mol. The molecule has 0 amide bonds. The van der Waals surface area contributed by atoms with Gasteiger partial charge in [-0.25, -0.2) is 0 Å². The topological polar surface area (TPSA) is 58.6 Å². The van der Waals surface area contributed by atoms with Crippen LogP contribution in [0.5, 0.6) is 0 Å². The van der Waals surface area contributed by atoms with Gasteiger partial charge in [0.2, 0.25) is 11.6 Å². The van der Waals surface area contributed by atoms with E-state index < -0.39 is 19.9 Å². The summed E-state index contributed by atoms with van der Waals surface area (Å²) in [7, 11) is 3.23. The Balaban J connectivity index is 1.96. The average Bonchev–Trinajstić information content (AvgIpc) is 2.96. The third kappa shape index (κ3) is 3.49. The molecule has 7 nitrogen and oxygen atoms in total. The summed E-state index contributed by atoms with van der Waals surface area (Å²) < 4.78 is 31.6. The number of rotatable bonds is 4. The van der Waals surface area contributed by atoms with E-state index in [4.69, 9.17) is 28.2 Å². The summed E-state index contributed by atoms with van der Waals surface area (Å²) in [4.78, 5) is 5.86. The first kappa shape index (κ1) is 22.6. The molecule has 2 saturated heterocycles. The summed E-state index contributed by atoms with van der Waals surface area (Å²) in [5.74, 6) is -1.74. The van der Waals surface area contributed by atoms with Gasteiger partial charge in [0.15, 0.2) is 8.32 Å². The number of hydrogen-bond acceptors (Lipinski definition) is 7. The summed E-state index contributed by atoms with van der Waals surface area (Å²) in [5, 5.41) is 2.03. The molecule has 28 heavy (non-hydrogen) atoms. The van der Waals surface area contributed by atoms with Crippen molar-refractivity contribution in [1.82, 2.24) is 5.06 Å². The second-order valence-electron chi connectivity index (χ2n) is 10.2.